The summed E-state index contributed by atoms with van der Waals surface area (Å²) in [7, 11) is 0. The first-order valence-corrected chi connectivity index (χ1v) is 3.94. The molecule has 2 heteroatoms. The molecule has 1 fully saturated rings. The van der Waals surface area contributed by atoms with Gasteiger partial charge in [-0.25, -0.2) is 0 Å². The quantitative estimate of drug-likeness (QED) is 0.589. The van der Waals surface area contributed by atoms with E-state index in [-0.39, 0.29) is 0 Å². The Labute approximate surface area is 62.0 Å². The summed E-state index contributed by atoms with van der Waals surface area (Å²) in [5.41, 5.74) is 0. The van der Waals surface area contributed by atoms with Crippen LogP contribution in [-0.2, 0) is 4.79 Å². The third-order valence-corrected chi connectivity index (χ3v) is 2.20. The van der Waals surface area contributed by atoms with Gasteiger partial charge in [0.2, 0.25) is 0 Å². The molecule has 0 aromatic rings. The highest BCUT2D eigenvalue weighted by Gasteiger charge is 2.21. The first-order valence-electron chi connectivity index (χ1n) is 3.94. The van der Waals surface area contributed by atoms with Gasteiger partial charge in [-0.3, -0.25) is 4.79 Å². The second kappa shape index (κ2) is 3.15. The number of Topliss-reactive ketones (excluding diaryl/α,β-unsaturated/α-hetero) is 1. The average molecular weight is 141 g/mol. The summed E-state index contributed by atoms with van der Waals surface area (Å²) >= 11 is 0. The fourth-order valence-corrected chi connectivity index (χ4v) is 1.50. The molecule has 0 aromatic heterocycles. The summed E-state index contributed by atoms with van der Waals surface area (Å²) in [6, 6.07) is 0.530. The van der Waals surface area contributed by atoms with Crippen molar-refractivity contribution >= 4 is 5.78 Å². The fraction of sp³-hybridized carbons (Fsp3) is 0.875. The van der Waals surface area contributed by atoms with Gasteiger partial charge >= 0.3 is 0 Å². The summed E-state index contributed by atoms with van der Waals surface area (Å²) in [4.78, 5) is 10.9. The zero-order valence-electron chi connectivity index (χ0n) is 6.68. The van der Waals surface area contributed by atoms with Crippen LogP contribution in [0.5, 0.6) is 0 Å². The van der Waals surface area contributed by atoms with Crippen molar-refractivity contribution in [2.45, 2.75) is 32.7 Å². The van der Waals surface area contributed by atoms with Crippen molar-refractivity contribution in [1.82, 2.24) is 5.32 Å². The lowest BCUT2D eigenvalue weighted by molar-refractivity contribution is -0.121. The standard InChI is InChI=1S/C8H15NO/c1-6-5-8(7(2)10)3-4-9-6/h6,8-9H,3-5H2,1-2H3. The van der Waals surface area contributed by atoms with Crippen molar-refractivity contribution < 1.29 is 4.79 Å². The number of carbonyl (C=O) groups excluding carboxylic acids is 1. The summed E-state index contributed by atoms with van der Waals surface area (Å²) in [6.07, 6.45) is 2.05. The van der Waals surface area contributed by atoms with Gasteiger partial charge in [0.05, 0.1) is 0 Å². The molecule has 58 valence electrons. The molecule has 1 rings (SSSR count). The van der Waals surface area contributed by atoms with Crippen LogP contribution < -0.4 is 5.32 Å². The van der Waals surface area contributed by atoms with E-state index in [2.05, 4.69) is 12.2 Å². The Bertz CT molecular complexity index is 133. The predicted molar refractivity (Wildman–Crippen MR) is 40.9 cm³/mol. The Hall–Kier alpha value is -0.370. The van der Waals surface area contributed by atoms with Crippen molar-refractivity contribution in [3.8, 4) is 0 Å². The lowest BCUT2D eigenvalue weighted by Gasteiger charge is -2.25. The Balaban J connectivity index is 2.39. The molecule has 0 saturated carbocycles. The van der Waals surface area contributed by atoms with Gasteiger partial charge in [0.1, 0.15) is 5.78 Å². The Morgan fingerprint density at radius 2 is 2.30 bits per heavy atom. The second-order valence-corrected chi connectivity index (χ2v) is 3.19. The van der Waals surface area contributed by atoms with E-state index in [1.54, 1.807) is 6.92 Å². The molecule has 1 N–H and O–H groups in total. The lowest BCUT2D eigenvalue weighted by Crippen LogP contribution is -2.37. The molecule has 2 atom stereocenters. The molecule has 2 nitrogen and oxygen atoms in total. The van der Waals surface area contributed by atoms with Crippen LogP contribution in [0.3, 0.4) is 0 Å². The number of hydrogen-bond acceptors (Lipinski definition) is 2. The van der Waals surface area contributed by atoms with Crippen molar-refractivity contribution in [1.29, 1.82) is 0 Å². The minimum Gasteiger partial charge on any atom is -0.314 e. The van der Waals surface area contributed by atoms with Gasteiger partial charge in [-0.2, -0.15) is 0 Å². The van der Waals surface area contributed by atoms with E-state index in [4.69, 9.17) is 0 Å². The number of rotatable bonds is 1. The Morgan fingerprint density at radius 1 is 1.60 bits per heavy atom. The van der Waals surface area contributed by atoms with Crippen LogP contribution in [0.2, 0.25) is 0 Å². The Morgan fingerprint density at radius 3 is 2.70 bits per heavy atom. The molecule has 1 aliphatic rings. The summed E-state index contributed by atoms with van der Waals surface area (Å²) < 4.78 is 0. The minimum absolute atomic E-state index is 0.330. The normalized spacial score (nSPS) is 33.8. The van der Waals surface area contributed by atoms with E-state index in [0.717, 1.165) is 19.4 Å². The van der Waals surface area contributed by atoms with Gasteiger partial charge in [-0.05, 0) is 33.2 Å². The van der Waals surface area contributed by atoms with Gasteiger partial charge in [0, 0.05) is 12.0 Å². The van der Waals surface area contributed by atoms with Crippen LogP contribution in [0, 0.1) is 5.92 Å². The predicted octanol–water partition coefficient (Wildman–Crippen LogP) is 0.964. The van der Waals surface area contributed by atoms with E-state index in [9.17, 15) is 4.79 Å². The van der Waals surface area contributed by atoms with Crippen molar-refractivity contribution in [3.63, 3.8) is 0 Å². The number of carbonyl (C=O) groups is 1. The van der Waals surface area contributed by atoms with Crippen LogP contribution in [-0.4, -0.2) is 18.4 Å². The maximum Gasteiger partial charge on any atom is 0.133 e. The number of ketones is 1. The highest BCUT2D eigenvalue weighted by Crippen LogP contribution is 2.16. The number of hydrogen-bond donors (Lipinski definition) is 1. The molecule has 1 heterocycles. The average Bonchev–Trinajstić information content (AvgIpc) is 1.88. The van der Waals surface area contributed by atoms with Gasteiger partial charge in [-0.1, -0.05) is 0 Å². The van der Waals surface area contributed by atoms with Crippen LogP contribution in [0.25, 0.3) is 0 Å². The van der Waals surface area contributed by atoms with Crippen LogP contribution in [0.1, 0.15) is 26.7 Å². The highest BCUT2D eigenvalue weighted by molar-refractivity contribution is 5.78. The van der Waals surface area contributed by atoms with E-state index in [1.165, 1.54) is 0 Å². The molecule has 10 heavy (non-hydrogen) atoms. The summed E-state index contributed by atoms with van der Waals surface area (Å²) in [6.45, 7) is 4.84. The smallest absolute Gasteiger partial charge is 0.133 e. The van der Waals surface area contributed by atoms with E-state index < -0.39 is 0 Å². The van der Waals surface area contributed by atoms with Crippen molar-refractivity contribution in [2.75, 3.05) is 6.54 Å². The molecular weight excluding hydrogens is 126 g/mol. The third-order valence-electron chi connectivity index (χ3n) is 2.20. The van der Waals surface area contributed by atoms with Gasteiger partial charge < -0.3 is 5.32 Å². The van der Waals surface area contributed by atoms with Crippen molar-refractivity contribution in [3.05, 3.63) is 0 Å². The fourth-order valence-electron chi connectivity index (χ4n) is 1.50. The first-order chi connectivity index (χ1) is 4.70. The van der Waals surface area contributed by atoms with Crippen LogP contribution in [0.15, 0.2) is 0 Å². The zero-order chi connectivity index (χ0) is 7.56. The van der Waals surface area contributed by atoms with Crippen molar-refractivity contribution in [2.24, 2.45) is 5.92 Å². The van der Waals surface area contributed by atoms with E-state index in [1.807, 2.05) is 0 Å². The molecule has 0 bridgehead atoms. The minimum atomic E-state index is 0.330. The highest BCUT2D eigenvalue weighted by atomic mass is 16.1. The molecule has 0 amide bonds. The summed E-state index contributed by atoms with van der Waals surface area (Å²) in [5.74, 6) is 0.685. The largest absolute Gasteiger partial charge is 0.314 e. The molecule has 0 spiro atoms. The topological polar surface area (TPSA) is 29.1 Å². The molecule has 0 radical (unpaired) electrons. The molecule has 1 saturated heterocycles. The zero-order valence-corrected chi connectivity index (χ0v) is 6.68. The third kappa shape index (κ3) is 1.81. The first kappa shape index (κ1) is 7.73. The molecule has 0 aromatic carbocycles. The number of piperidine rings is 1. The van der Waals surface area contributed by atoms with E-state index in [0.29, 0.717) is 17.7 Å². The molecule has 0 aliphatic carbocycles. The maximum atomic E-state index is 10.9. The number of nitrogens with one attached hydrogen (secondary N) is 1. The Kier molecular flexibility index (Phi) is 2.44. The summed E-state index contributed by atoms with van der Waals surface area (Å²) in [5, 5.41) is 3.31. The monoisotopic (exact) mass is 141 g/mol. The maximum absolute atomic E-state index is 10.9. The van der Waals surface area contributed by atoms with Gasteiger partial charge in [0.15, 0.2) is 0 Å². The molecular formula is C8H15NO. The second-order valence-electron chi connectivity index (χ2n) is 3.19. The molecule has 2 unspecified atom stereocenters. The van der Waals surface area contributed by atoms with E-state index >= 15 is 0 Å². The van der Waals surface area contributed by atoms with Gasteiger partial charge in [0.25, 0.3) is 0 Å². The van der Waals surface area contributed by atoms with Crippen LogP contribution >= 0.6 is 0 Å². The molecule has 1 aliphatic heterocycles. The SMILES string of the molecule is CC(=O)C1CCNC(C)C1. The van der Waals surface area contributed by atoms with Crippen LogP contribution in [0.4, 0.5) is 0 Å². The van der Waals surface area contributed by atoms with Gasteiger partial charge in [-0.15, -0.1) is 0 Å². The lowest BCUT2D eigenvalue weighted by atomic mass is 9.90.